The number of ether oxygens (including phenoxy) is 1. The molecule has 7 nitrogen and oxygen atoms in total. The summed E-state index contributed by atoms with van der Waals surface area (Å²) in [6, 6.07) is 16.9. The van der Waals surface area contributed by atoms with E-state index in [-0.39, 0.29) is 16.3 Å². The van der Waals surface area contributed by atoms with Gasteiger partial charge in [-0.2, -0.15) is 0 Å². The fourth-order valence-electron chi connectivity index (χ4n) is 2.85. The van der Waals surface area contributed by atoms with Crippen LogP contribution in [0.3, 0.4) is 0 Å². The number of nitro benzene ring substituents is 1. The first-order valence-electron chi connectivity index (χ1n) is 8.75. The van der Waals surface area contributed by atoms with Crippen LogP contribution in [0, 0.1) is 10.1 Å². The van der Waals surface area contributed by atoms with Gasteiger partial charge in [0.15, 0.2) is 0 Å². The summed E-state index contributed by atoms with van der Waals surface area (Å²) in [5.74, 6) is 0.313. The van der Waals surface area contributed by atoms with E-state index in [4.69, 9.17) is 16.3 Å². The van der Waals surface area contributed by atoms with Crippen molar-refractivity contribution in [1.29, 1.82) is 0 Å². The van der Waals surface area contributed by atoms with Gasteiger partial charge >= 0.3 is 0 Å². The summed E-state index contributed by atoms with van der Waals surface area (Å²) < 4.78 is 6.27. The lowest BCUT2D eigenvalue weighted by atomic mass is 10.1. The van der Waals surface area contributed by atoms with Gasteiger partial charge in [0.1, 0.15) is 15.8 Å². The van der Waals surface area contributed by atoms with Crippen LogP contribution in [0.5, 0.6) is 5.75 Å². The van der Waals surface area contributed by atoms with Crippen LogP contribution in [0.15, 0.2) is 60.7 Å². The standard InChI is InChI=1S/C21H14ClN3O4S/c1-29-15-7-9-17-19(11-15)30-21(24-17)12-2-5-14(6-3-12)23-20(26)13-4-8-16(22)18(10-13)25(27)28/h2-11H,1H3,(H,23,26). The molecule has 0 aliphatic rings. The molecule has 0 saturated carbocycles. The highest BCUT2D eigenvalue weighted by atomic mass is 35.5. The number of nitrogens with zero attached hydrogens (tertiary/aromatic N) is 2. The maximum absolute atomic E-state index is 12.4. The van der Waals surface area contributed by atoms with Gasteiger partial charge in [0.05, 0.1) is 22.2 Å². The Labute approximate surface area is 180 Å². The fraction of sp³-hybridized carbons (Fsp3) is 0.0476. The van der Waals surface area contributed by atoms with Crippen molar-refractivity contribution >= 4 is 50.4 Å². The molecule has 0 radical (unpaired) electrons. The van der Waals surface area contributed by atoms with Crippen LogP contribution in [0.25, 0.3) is 20.8 Å². The summed E-state index contributed by atoms with van der Waals surface area (Å²) in [6.45, 7) is 0. The van der Waals surface area contributed by atoms with Gasteiger partial charge in [0, 0.05) is 22.9 Å². The second kappa shape index (κ2) is 8.10. The van der Waals surface area contributed by atoms with Gasteiger partial charge in [-0.3, -0.25) is 14.9 Å². The third kappa shape index (κ3) is 3.96. The Hall–Kier alpha value is -3.49. The van der Waals surface area contributed by atoms with E-state index in [0.717, 1.165) is 32.6 Å². The topological polar surface area (TPSA) is 94.4 Å². The molecule has 30 heavy (non-hydrogen) atoms. The highest BCUT2D eigenvalue weighted by Crippen LogP contribution is 2.33. The number of benzene rings is 3. The average molecular weight is 440 g/mol. The predicted molar refractivity (Wildman–Crippen MR) is 118 cm³/mol. The Balaban J connectivity index is 1.53. The summed E-state index contributed by atoms with van der Waals surface area (Å²) >= 11 is 7.34. The summed E-state index contributed by atoms with van der Waals surface area (Å²) in [5.41, 5.74) is 2.19. The number of amides is 1. The second-order valence-corrected chi connectivity index (χ2v) is 7.75. The summed E-state index contributed by atoms with van der Waals surface area (Å²) in [4.78, 5) is 27.4. The van der Waals surface area contributed by atoms with Crippen molar-refractivity contribution in [2.24, 2.45) is 0 Å². The summed E-state index contributed by atoms with van der Waals surface area (Å²) in [7, 11) is 1.62. The van der Waals surface area contributed by atoms with Gasteiger partial charge in [-0.25, -0.2) is 4.98 Å². The number of carbonyl (C=O) groups is 1. The van der Waals surface area contributed by atoms with Crippen molar-refractivity contribution in [2.75, 3.05) is 12.4 Å². The van der Waals surface area contributed by atoms with Gasteiger partial charge in [-0.05, 0) is 54.6 Å². The Kier molecular flexibility index (Phi) is 5.35. The number of carbonyl (C=O) groups excluding carboxylic acids is 1. The van der Waals surface area contributed by atoms with E-state index in [1.165, 1.54) is 12.1 Å². The molecule has 3 aromatic carbocycles. The Morgan fingerprint density at radius 3 is 2.60 bits per heavy atom. The first-order valence-corrected chi connectivity index (χ1v) is 9.94. The van der Waals surface area contributed by atoms with E-state index in [9.17, 15) is 14.9 Å². The quantitative estimate of drug-likeness (QED) is 0.314. The number of rotatable bonds is 5. The molecule has 1 heterocycles. The maximum atomic E-state index is 12.4. The third-order valence-corrected chi connectivity index (χ3v) is 5.78. The molecule has 0 saturated heterocycles. The number of nitro groups is 1. The number of hydrogen-bond acceptors (Lipinski definition) is 6. The average Bonchev–Trinajstić information content (AvgIpc) is 3.17. The molecule has 0 atom stereocenters. The molecule has 0 unspecified atom stereocenters. The van der Waals surface area contributed by atoms with Crippen LogP contribution in [0.4, 0.5) is 11.4 Å². The lowest BCUT2D eigenvalue weighted by Crippen LogP contribution is -2.12. The molecule has 4 rings (SSSR count). The number of nitrogens with one attached hydrogen (secondary N) is 1. The lowest BCUT2D eigenvalue weighted by Gasteiger charge is -2.06. The first-order chi connectivity index (χ1) is 14.4. The van der Waals surface area contributed by atoms with Crippen molar-refractivity contribution in [3.8, 4) is 16.3 Å². The SMILES string of the molecule is COc1ccc2nc(-c3ccc(NC(=O)c4ccc(Cl)c([N+](=O)[O-])c4)cc3)sc2c1. The smallest absolute Gasteiger partial charge is 0.288 e. The van der Waals surface area contributed by atoms with Crippen molar-refractivity contribution in [2.45, 2.75) is 0 Å². The molecule has 0 aliphatic heterocycles. The van der Waals surface area contributed by atoms with Gasteiger partial charge in [-0.1, -0.05) is 11.6 Å². The predicted octanol–water partition coefficient (Wildman–Crippen LogP) is 5.79. The minimum atomic E-state index is -0.624. The normalized spacial score (nSPS) is 10.7. The summed E-state index contributed by atoms with van der Waals surface area (Å²) in [6.07, 6.45) is 0. The number of hydrogen-bond donors (Lipinski definition) is 1. The van der Waals surface area contributed by atoms with Crippen LogP contribution in [0.1, 0.15) is 10.4 Å². The van der Waals surface area contributed by atoms with E-state index in [0.29, 0.717) is 5.69 Å². The Morgan fingerprint density at radius 2 is 1.90 bits per heavy atom. The molecule has 0 bridgehead atoms. The van der Waals surface area contributed by atoms with Crippen molar-refractivity contribution < 1.29 is 14.5 Å². The van der Waals surface area contributed by atoms with E-state index in [2.05, 4.69) is 10.3 Å². The number of fused-ring (bicyclic) bond motifs is 1. The van der Waals surface area contributed by atoms with Crippen molar-refractivity contribution in [3.63, 3.8) is 0 Å². The molecule has 0 fully saturated rings. The zero-order chi connectivity index (χ0) is 21.3. The third-order valence-electron chi connectivity index (χ3n) is 4.39. The van der Waals surface area contributed by atoms with Crippen LogP contribution in [-0.4, -0.2) is 22.9 Å². The zero-order valence-electron chi connectivity index (χ0n) is 15.6. The monoisotopic (exact) mass is 439 g/mol. The molecule has 1 aromatic heterocycles. The van der Waals surface area contributed by atoms with Crippen LogP contribution < -0.4 is 10.1 Å². The van der Waals surface area contributed by atoms with Crippen LogP contribution in [0.2, 0.25) is 5.02 Å². The molecule has 1 amide bonds. The molecule has 4 aromatic rings. The number of anilines is 1. The van der Waals surface area contributed by atoms with Crippen molar-refractivity contribution in [3.05, 3.63) is 81.4 Å². The fourth-order valence-corrected chi connectivity index (χ4v) is 4.03. The van der Waals surface area contributed by atoms with Gasteiger partial charge in [0.25, 0.3) is 11.6 Å². The molecule has 9 heteroatoms. The lowest BCUT2D eigenvalue weighted by molar-refractivity contribution is -0.384. The van der Waals surface area contributed by atoms with E-state index < -0.39 is 10.8 Å². The zero-order valence-corrected chi connectivity index (χ0v) is 17.2. The van der Waals surface area contributed by atoms with Gasteiger partial charge in [-0.15, -0.1) is 11.3 Å². The molecule has 0 spiro atoms. The van der Waals surface area contributed by atoms with E-state index in [1.807, 2.05) is 30.3 Å². The number of halogens is 1. The number of methoxy groups -OCH3 is 1. The van der Waals surface area contributed by atoms with Gasteiger partial charge < -0.3 is 10.1 Å². The molecule has 1 N–H and O–H groups in total. The highest BCUT2D eigenvalue weighted by molar-refractivity contribution is 7.21. The minimum Gasteiger partial charge on any atom is -0.497 e. The van der Waals surface area contributed by atoms with Crippen LogP contribution >= 0.6 is 22.9 Å². The Morgan fingerprint density at radius 1 is 1.13 bits per heavy atom. The van der Waals surface area contributed by atoms with E-state index in [1.54, 1.807) is 30.6 Å². The summed E-state index contributed by atoms with van der Waals surface area (Å²) in [5, 5.41) is 14.6. The highest BCUT2D eigenvalue weighted by Gasteiger charge is 2.16. The van der Waals surface area contributed by atoms with E-state index >= 15 is 0 Å². The second-order valence-electron chi connectivity index (χ2n) is 6.31. The largest absolute Gasteiger partial charge is 0.497 e. The number of aromatic nitrogens is 1. The Bertz CT molecular complexity index is 1270. The van der Waals surface area contributed by atoms with Gasteiger partial charge in [0.2, 0.25) is 0 Å². The molecule has 0 aliphatic carbocycles. The molecule has 150 valence electrons. The van der Waals surface area contributed by atoms with Crippen LogP contribution in [-0.2, 0) is 0 Å². The molecular weight excluding hydrogens is 426 g/mol. The first kappa shape index (κ1) is 19.8. The maximum Gasteiger partial charge on any atom is 0.288 e. The number of thiazole rings is 1. The van der Waals surface area contributed by atoms with Crippen molar-refractivity contribution in [1.82, 2.24) is 4.98 Å². The minimum absolute atomic E-state index is 0.0191. The molecular formula is C21H14ClN3O4S.